The molecule has 0 saturated carbocycles. The number of methoxy groups -OCH3 is 2. The number of carbonyl (C=O) groups excluding carboxylic acids is 1. The zero-order valence-electron chi connectivity index (χ0n) is 15.0. The minimum Gasteiger partial charge on any atom is -0.496 e. The zero-order valence-corrected chi connectivity index (χ0v) is 15.0. The number of benzene rings is 1. The molecule has 2 heterocycles. The Labute approximate surface area is 144 Å². The first kappa shape index (κ1) is 17.1. The zero-order chi connectivity index (χ0) is 17.1. The van der Waals surface area contributed by atoms with Gasteiger partial charge < -0.3 is 14.4 Å². The predicted octanol–water partition coefficient (Wildman–Crippen LogP) is 2.68. The summed E-state index contributed by atoms with van der Waals surface area (Å²) >= 11 is 0. The first-order valence-electron chi connectivity index (χ1n) is 8.86. The van der Waals surface area contributed by atoms with Crippen molar-refractivity contribution in [3.63, 3.8) is 0 Å². The molecule has 2 aliphatic heterocycles. The molecule has 0 aliphatic carbocycles. The third kappa shape index (κ3) is 3.22. The van der Waals surface area contributed by atoms with Crippen molar-refractivity contribution in [2.24, 2.45) is 0 Å². The van der Waals surface area contributed by atoms with E-state index >= 15 is 0 Å². The minimum absolute atomic E-state index is 0.208. The summed E-state index contributed by atoms with van der Waals surface area (Å²) in [6.45, 7) is 4.44. The lowest BCUT2D eigenvalue weighted by Gasteiger charge is -2.33. The van der Waals surface area contributed by atoms with Gasteiger partial charge in [-0.25, -0.2) is 0 Å². The lowest BCUT2D eigenvalue weighted by Crippen LogP contribution is -2.44. The summed E-state index contributed by atoms with van der Waals surface area (Å²) in [5, 5.41) is 0. The maximum atomic E-state index is 11.9. The summed E-state index contributed by atoms with van der Waals surface area (Å²) in [5.41, 5.74) is 1.10. The number of likely N-dealkylation sites (tertiary alicyclic amines) is 2. The lowest BCUT2D eigenvalue weighted by atomic mass is 10.0. The van der Waals surface area contributed by atoms with Gasteiger partial charge in [0.1, 0.15) is 11.5 Å². The molecule has 2 aliphatic rings. The monoisotopic (exact) mass is 332 g/mol. The maximum Gasteiger partial charge on any atom is 0.219 e. The molecular weight excluding hydrogens is 304 g/mol. The van der Waals surface area contributed by atoms with E-state index in [9.17, 15) is 4.79 Å². The summed E-state index contributed by atoms with van der Waals surface area (Å²) in [4.78, 5) is 16.5. The molecule has 2 saturated heterocycles. The Balaban J connectivity index is 1.85. The largest absolute Gasteiger partial charge is 0.496 e. The van der Waals surface area contributed by atoms with Gasteiger partial charge in [0.2, 0.25) is 5.91 Å². The highest BCUT2D eigenvalue weighted by Crippen LogP contribution is 2.35. The molecule has 2 atom stereocenters. The molecule has 0 aromatic heterocycles. The van der Waals surface area contributed by atoms with E-state index in [2.05, 4.69) is 9.80 Å². The van der Waals surface area contributed by atoms with Crippen LogP contribution in [-0.2, 0) is 11.3 Å². The lowest BCUT2D eigenvalue weighted by molar-refractivity contribution is -0.130. The Bertz CT molecular complexity index is 568. The fourth-order valence-corrected chi connectivity index (χ4v) is 4.32. The van der Waals surface area contributed by atoms with Crippen molar-refractivity contribution >= 4 is 5.91 Å². The fourth-order valence-electron chi connectivity index (χ4n) is 4.32. The van der Waals surface area contributed by atoms with Gasteiger partial charge in [-0.1, -0.05) is 12.5 Å². The van der Waals surface area contributed by atoms with Crippen LogP contribution in [0.25, 0.3) is 0 Å². The Morgan fingerprint density at radius 3 is 2.42 bits per heavy atom. The standard InChI is InChI=1S/C19H28N2O3/c1-14(22)21-12-10-16-17(21)7-4-5-11-20(16)13-15-18(23-2)8-6-9-19(15)24-3/h6,8-9,16-17H,4-5,7,10-13H2,1-3H3/t16-,17-/m1/s1. The molecule has 0 radical (unpaired) electrons. The average Bonchev–Trinajstić information content (AvgIpc) is 2.92. The van der Waals surface area contributed by atoms with Crippen molar-refractivity contribution in [2.45, 2.75) is 51.2 Å². The van der Waals surface area contributed by atoms with Crippen molar-refractivity contribution in [3.8, 4) is 11.5 Å². The SMILES string of the molecule is COc1cccc(OC)c1CN1CCCC[C@@H]2[C@H]1CCN2C(C)=O. The van der Waals surface area contributed by atoms with E-state index in [1.54, 1.807) is 21.1 Å². The number of fused-ring (bicyclic) bond motifs is 1. The van der Waals surface area contributed by atoms with E-state index < -0.39 is 0 Å². The highest BCUT2D eigenvalue weighted by Gasteiger charge is 2.40. The Morgan fingerprint density at radius 2 is 1.79 bits per heavy atom. The number of amides is 1. The topological polar surface area (TPSA) is 42.0 Å². The number of ether oxygens (including phenoxy) is 2. The van der Waals surface area contributed by atoms with E-state index in [1.165, 1.54) is 12.8 Å². The molecule has 0 unspecified atom stereocenters. The Morgan fingerprint density at radius 1 is 1.08 bits per heavy atom. The van der Waals surface area contributed by atoms with E-state index in [-0.39, 0.29) is 5.91 Å². The number of nitrogens with zero attached hydrogens (tertiary/aromatic N) is 2. The van der Waals surface area contributed by atoms with Gasteiger partial charge in [0.05, 0.1) is 19.8 Å². The van der Waals surface area contributed by atoms with Crippen LogP contribution in [0.1, 0.15) is 38.2 Å². The van der Waals surface area contributed by atoms with E-state index in [0.717, 1.165) is 49.5 Å². The second kappa shape index (κ2) is 7.43. The highest BCUT2D eigenvalue weighted by atomic mass is 16.5. The van der Waals surface area contributed by atoms with Crippen LogP contribution in [0.15, 0.2) is 18.2 Å². The molecule has 5 nitrogen and oxygen atoms in total. The first-order chi connectivity index (χ1) is 11.7. The van der Waals surface area contributed by atoms with Crippen LogP contribution < -0.4 is 9.47 Å². The summed E-state index contributed by atoms with van der Waals surface area (Å²) in [5.74, 6) is 1.95. The van der Waals surface area contributed by atoms with Gasteiger partial charge in [0, 0.05) is 32.1 Å². The number of carbonyl (C=O) groups is 1. The van der Waals surface area contributed by atoms with Crippen LogP contribution in [0.5, 0.6) is 11.5 Å². The minimum atomic E-state index is 0.208. The second-order valence-corrected chi connectivity index (χ2v) is 6.74. The number of rotatable bonds is 4. The molecule has 1 aromatic carbocycles. The maximum absolute atomic E-state index is 11.9. The molecule has 3 rings (SSSR count). The second-order valence-electron chi connectivity index (χ2n) is 6.74. The van der Waals surface area contributed by atoms with Crippen molar-refractivity contribution < 1.29 is 14.3 Å². The van der Waals surface area contributed by atoms with Gasteiger partial charge in [0.15, 0.2) is 0 Å². The van der Waals surface area contributed by atoms with E-state index in [4.69, 9.17) is 9.47 Å². The summed E-state index contributed by atoms with van der Waals surface area (Å²) in [6, 6.07) is 6.73. The molecule has 1 aromatic rings. The fraction of sp³-hybridized carbons (Fsp3) is 0.632. The molecule has 0 spiro atoms. The molecule has 5 heteroatoms. The van der Waals surface area contributed by atoms with Gasteiger partial charge in [-0.2, -0.15) is 0 Å². The summed E-state index contributed by atoms with van der Waals surface area (Å²) in [7, 11) is 3.41. The van der Waals surface area contributed by atoms with Crippen LogP contribution in [0, 0.1) is 0 Å². The average molecular weight is 332 g/mol. The van der Waals surface area contributed by atoms with E-state index in [0.29, 0.717) is 12.1 Å². The van der Waals surface area contributed by atoms with Crippen molar-refractivity contribution in [3.05, 3.63) is 23.8 Å². The first-order valence-corrected chi connectivity index (χ1v) is 8.86. The van der Waals surface area contributed by atoms with Gasteiger partial charge in [-0.15, -0.1) is 0 Å². The molecule has 0 bridgehead atoms. The van der Waals surface area contributed by atoms with Gasteiger partial charge in [-0.05, 0) is 37.9 Å². The quantitative estimate of drug-likeness (QED) is 0.850. The predicted molar refractivity (Wildman–Crippen MR) is 93.4 cm³/mol. The summed E-state index contributed by atoms with van der Waals surface area (Å²) in [6.07, 6.45) is 4.53. The van der Waals surface area contributed by atoms with Crippen LogP contribution >= 0.6 is 0 Å². The molecule has 1 amide bonds. The smallest absolute Gasteiger partial charge is 0.219 e. The normalized spacial score (nSPS) is 24.4. The highest BCUT2D eigenvalue weighted by molar-refractivity contribution is 5.74. The Hall–Kier alpha value is -1.75. The Kier molecular flexibility index (Phi) is 5.29. The third-order valence-corrected chi connectivity index (χ3v) is 5.47. The van der Waals surface area contributed by atoms with Gasteiger partial charge >= 0.3 is 0 Å². The van der Waals surface area contributed by atoms with Gasteiger partial charge in [0.25, 0.3) is 0 Å². The van der Waals surface area contributed by atoms with Crippen LogP contribution in [-0.4, -0.2) is 55.1 Å². The van der Waals surface area contributed by atoms with Crippen LogP contribution in [0.3, 0.4) is 0 Å². The van der Waals surface area contributed by atoms with Crippen molar-refractivity contribution in [2.75, 3.05) is 27.3 Å². The third-order valence-electron chi connectivity index (χ3n) is 5.47. The summed E-state index contributed by atoms with van der Waals surface area (Å²) < 4.78 is 11.1. The van der Waals surface area contributed by atoms with Gasteiger partial charge in [-0.3, -0.25) is 9.69 Å². The molecule has 24 heavy (non-hydrogen) atoms. The number of hydrogen-bond acceptors (Lipinski definition) is 4. The van der Waals surface area contributed by atoms with E-state index in [1.807, 2.05) is 18.2 Å². The molecule has 132 valence electrons. The number of hydrogen-bond donors (Lipinski definition) is 0. The van der Waals surface area contributed by atoms with Crippen LogP contribution in [0.2, 0.25) is 0 Å². The van der Waals surface area contributed by atoms with Crippen molar-refractivity contribution in [1.82, 2.24) is 9.80 Å². The molecular formula is C19H28N2O3. The van der Waals surface area contributed by atoms with Crippen molar-refractivity contribution in [1.29, 1.82) is 0 Å². The molecule has 2 fully saturated rings. The molecule has 0 N–H and O–H groups in total. The van der Waals surface area contributed by atoms with Crippen LogP contribution in [0.4, 0.5) is 0 Å².